The molecule has 4 nitrogen and oxygen atoms in total. The summed E-state index contributed by atoms with van der Waals surface area (Å²) in [4.78, 5) is 12.1. The molecule has 1 aromatic carbocycles. The van der Waals surface area contributed by atoms with Gasteiger partial charge in [0.2, 0.25) is 5.95 Å². The van der Waals surface area contributed by atoms with Gasteiger partial charge in [0.25, 0.3) is 0 Å². The predicted molar refractivity (Wildman–Crippen MR) is 73.5 cm³/mol. The van der Waals surface area contributed by atoms with E-state index < -0.39 is 5.82 Å². The van der Waals surface area contributed by atoms with E-state index in [-0.39, 0.29) is 0 Å². The van der Waals surface area contributed by atoms with Gasteiger partial charge < -0.3 is 9.80 Å². The monoisotopic (exact) mass is 258 g/mol. The highest BCUT2D eigenvalue weighted by atomic mass is 19.1. The summed E-state index contributed by atoms with van der Waals surface area (Å²) in [5.74, 6) is 0.464. The predicted octanol–water partition coefficient (Wildman–Crippen LogP) is 2.38. The van der Waals surface area contributed by atoms with Gasteiger partial charge in [-0.1, -0.05) is 18.2 Å². The Morgan fingerprint density at radius 2 is 2.05 bits per heavy atom. The lowest BCUT2D eigenvalue weighted by atomic mass is 10.2. The zero-order valence-electron chi connectivity index (χ0n) is 11.0. The van der Waals surface area contributed by atoms with E-state index >= 15 is 0 Å². The molecule has 2 aromatic rings. The maximum Gasteiger partial charge on any atom is 0.232 e. The number of para-hydroxylation sites is 1. The van der Waals surface area contributed by atoms with Gasteiger partial charge in [0.15, 0.2) is 11.6 Å². The lowest BCUT2D eigenvalue weighted by Gasteiger charge is -2.19. The van der Waals surface area contributed by atoms with Crippen molar-refractivity contribution < 1.29 is 4.39 Å². The summed E-state index contributed by atoms with van der Waals surface area (Å²) in [5, 5.41) is 0. The topological polar surface area (TPSA) is 32.3 Å². The van der Waals surface area contributed by atoms with Gasteiger partial charge >= 0.3 is 0 Å². The Hall–Kier alpha value is -2.17. The molecule has 1 aliphatic rings. The average molecular weight is 258 g/mol. The second kappa shape index (κ2) is 4.50. The van der Waals surface area contributed by atoms with Crippen LogP contribution in [0.25, 0.3) is 0 Å². The van der Waals surface area contributed by atoms with Crippen LogP contribution in [0, 0.1) is 5.82 Å². The third-order valence-corrected chi connectivity index (χ3v) is 3.27. The molecular formula is C14H15FN4. The number of benzene rings is 1. The van der Waals surface area contributed by atoms with Gasteiger partial charge in [-0.3, -0.25) is 0 Å². The van der Waals surface area contributed by atoms with E-state index in [2.05, 4.69) is 16.0 Å². The second-order valence-corrected chi connectivity index (χ2v) is 4.77. The highest BCUT2D eigenvalue weighted by Gasteiger charge is 2.23. The van der Waals surface area contributed by atoms with Crippen LogP contribution in [0.1, 0.15) is 5.56 Å². The van der Waals surface area contributed by atoms with Gasteiger partial charge in [0, 0.05) is 26.3 Å². The van der Waals surface area contributed by atoms with Gasteiger partial charge in [-0.25, -0.2) is 9.37 Å². The number of nitrogens with zero attached hydrogens (tertiary/aromatic N) is 4. The van der Waals surface area contributed by atoms with E-state index in [9.17, 15) is 4.39 Å². The lowest BCUT2D eigenvalue weighted by Crippen LogP contribution is -2.20. The molecule has 5 heteroatoms. The van der Waals surface area contributed by atoms with E-state index in [1.54, 1.807) is 19.0 Å². The Bertz CT molecular complexity index is 612. The van der Waals surface area contributed by atoms with E-state index in [1.807, 2.05) is 23.1 Å². The second-order valence-electron chi connectivity index (χ2n) is 4.77. The van der Waals surface area contributed by atoms with Crippen LogP contribution in [0.3, 0.4) is 0 Å². The molecule has 0 saturated heterocycles. The molecule has 0 amide bonds. The van der Waals surface area contributed by atoms with Crippen LogP contribution in [-0.2, 0) is 6.42 Å². The first kappa shape index (κ1) is 11.9. The van der Waals surface area contributed by atoms with E-state index in [4.69, 9.17) is 0 Å². The summed E-state index contributed by atoms with van der Waals surface area (Å²) in [6.45, 7) is 0.831. The van der Waals surface area contributed by atoms with Crippen molar-refractivity contribution in [2.45, 2.75) is 6.42 Å². The normalized spacial score (nSPS) is 13.5. The first-order chi connectivity index (χ1) is 9.16. The Morgan fingerprint density at radius 1 is 1.26 bits per heavy atom. The zero-order chi connectivity index (χ0) is 13.4. The number of fused-ring (bicyclic) bond motifs is 1. The Kier molecular flexibility index (Phi) is 2.81. The van der Waals surface area contributed by atoms with E-state index in [0.29, 0.717) is 11.8 Å². The van der Waals surface area contributed by atoms with Crippen molar-refractivity contribution in [1.82, 2.24) is 9.97 Å². The average Bonchev–Trinajstić information content (AvgIpc) is 2.83. The van der Waals surface area contributed by atoms with Crippen LogP contribution < -0.4 is 9.80 Å². The first-order valence-electron chi connectivity index (χ1n) is 6.22. The van der Waals surface area contributed by atoms with Gasteiger partial charge in [-0.15, -0.1) is 0 Å². The fourth-order valence-electron chi connectivity index (χ4n) is 2.34. The van der Waals surface area contributed by atoms with Crippen LogP contribution in [0.4, 0.5) is 21.8 Å². The van der Waals surface area contributed by atoms with Crippen LogP contribution in [0.2, 0.25) is 0 Å². The lowest BCUT2D eigenvalue weighted by molar-refractivity contribution is 0.611. The third kappa shape index (κ3) is 2.01. The minimum absolute atomic E-state index is 0.314. The van der Waals surface area contributed by atoms with Gasteiger partial charge in [-0.2, -0.15) is 4.98 Å². The Morgan fingerprint density at radius 3 is 2.84 bits per heavy atom. The molecule has 3 rings (SSSR count). The van der Waals surface area contributed by atoms with Crippen molar-refractivity contribution in [3.05, 3.63) is 41.8 Å². The highest BCUT2D eigenvalue weighted by Crippen LogP contribution is 2.32. The number of rotatable bonds is 2. The number of hydrogen-bond acceptors (Lipinski definition) is 4. The molecule has 0 atom stereocenters. The van der Waals surface area contributed by atoms with Crippen molar-refractivity contribution in [3.63, 3.8) is 0 Å². The van der Waals surface area contributed by atoms with Crippen LogP contribution in [0.15, 0.2) is 30.5 Å². The van der Waals surface area contributed by atoms with Crippen molar-refractivity contribution in [2.75, 3.05) is 30.4 Å². The summed E-state index contributed by atoms with van der Waals surface area (Å²) in [6, 6.07) is 8.17. The van der Waals surface area contributed by atoms with Crippen molar-refractivity contribution in [2.24, 2.45) is 0 Å². The molecule has 0 fully saturated rings. The summed E-state index contributed by atoms with van der Waals surface area (Å²) < 4.78 is 13.6. The Labute approximate surface area is 111 Å². The number of halogens is 1. The quantitative estimate of drug-likeness (QED) is 0.828. The van der Waals surface area contributed by atoms with Crippen LogP contribution >= 0.6 is 0 Å². The molecule has 0 spiro atoms. The molecule has 19 heavy (non-hydrogen) atoms. The number of hydrogen-bond donors (Lipinski definition) is 0. The minimum atomic E-state index is -0.402. The smallest absolute Gasteiger partial charge is 0.232 e. The summed E-state index contributed by atoms with van der Waals surface area (Å²) >= 11 is 0. The fourth-order valence-corrected chi connectivity index (χ4v) is 2.34. The zero-order valence-corrected chi connectivity index (χ0v) is 11.0. The molecule has 0 bridgehead atoms. The largest absolute Gasteiger partial charge is 0.360 e. The minimum Gasteiger partial charge on any atom is -0.360 e. The van der Waals surface area contributed by atoms with Gasteiger partial charge in [0.05, 0.1) is 6.20 Å². The summed E-state index contributed by atoms with van der Waals surface area (Å²) in [5.41, 5.74) is 2.39. The maximum absolute atomic E-state index is 13.6. The highest BCUT2D eigenvalue weighted by molar-refractivity contribution is 5.66. The first-order valence-corrected chi connectivity index (χ1v) is 6.22. The number of anilines is 3. The summed E-state index contributed by atoms with van der Waals surface area (Å²) in [7, 11) is 3.54. The van der Waals surface area contributed by atoms with Crippen LogP contribution in [0.5, 0.6) is 0 Å². The van der Waals surface area contributed by atoms with Gasteiger partial charge in [0.1, 0.15) is 0 Å². The molecular weight excluding hydrogens is 243 g/mol. The standard InChI is InChI=1S/C14H15FN4/c1-18(2)13-11(15)9-16-14(17-13)19-8-7-10-5-3-4-6-12(10)19/h3-6,9H,7-8H2,1-2H3. The summed E-state index contributed by atoms with van der Waals surface area (Å²) in [6.07, 6.45) is 2.20. The molecule has 98 valence electrons. The molecule has 0 saturated carbocycles. The van der Waals surface area contributed by atoms with Crippen molar-refractivity contribution >= 4 is 17.5 Å². The van der Waals surface area contributed by atoms with Gasteiger partial charge in [-0.05, 0) is 18.1 Å². The Balaban J connectivity index is 2.03. The molecule has 0 aliphatic carbocycles. The molecule has 0 radical (unpaired) electrons. The van der Waals surface area contributed by atoms with Crippen molar-refractivity contribution in [3.8, 4) is 0 Å². The van der Waals surface area contributed by atoms with E-state index in [1.165, 1.54) is 11.8 Å². The molecule has 1 aliphatic heterocycles. The SMILES string of the molecule is CN(C)c1nc(N2CCc3ccccc32)ncc1F. The molecule has 1 aromatic heterocycles. The molecule has 2 heterocycles. The van der Waals surface area contributed by atoms with E-state index in [0.717, 1.165) is 18.7 Å². The fraction of sp³-hybridized carbons (Fsp3) is 0.286. The van der Waals surface area contributed by atoms with Crippen LogP contribution in [-0.4, -0.2) is 30.6 Å². The molecule has 0 unspecified atom stereocenters. The molecule has 0 N–H and O–H groups in total. The number of aromatic nitrogens is 2. The third-order valence-electron chi connectivity index (χ3n) is 3.27. The van der Waals surface area contributed by atoms with Crippen molar-refractivity contribution in [1.29, 1.82) is 0 Å². The maximum atomic E-state index is 13.6.